The van der Waals surface area contributed by atoms with Crippen molar-refractivity contribution in [2.24, 2.45) is 0 Å². The second kappa shape index (κ2) is 7.02. The van der Waals surface area contributed by atoms with E-state index in [4.69, 9.17) is 34.8 Å². The average Bonchev–Trinajstić information content (AvgIpc) is 2.03. The van der Waals surface area contributed by atoms with E-state index in [1.807, 2.05) is 0 Å². The summed E-state index contributed by atoms with van der Waals surface area (Å²) in [5.41, 5.74) is 0. The van der Waals surface area contributed by atoms with Crippen molar-refractivity contribution in [3.8, 4) is 0 Å². The fourth-order valence-corrected chi connectivity index (χ4v) is 1.20. The van der Waals surface area contributed by atoms with Crippen molar-refractivity contribution in [3.63, 3.8) is 0 Å². The zero-order valence-corrected chi connectivity index (χ0v) is 9.25. The summed E-state index contributed by atoms with van der Waals surface area (Å²) in [7, 11) is 0. The maximum Gasteiger partial charge on any atom is 0.123 e. The van der Waals surface area contributed by atoms with Gasteiger partial charge in [0.25, 0.3) is 0 Å². The van der Waals surface area contributed by atoms with Crippen LogP contribution in [-0.2, 0) is 0 Å². The highest BCUT2D eigenvalue weighted by atomic mass is 35.5. The number of unbranched alkanes of at least 4 members (excludes halogenated alkanes) is 2. The molecule has 0 radical (unpaired) electrons. The van der Waals surface area contributed by atoms with E-state index >= 15 is 0 Å². The van der Waals surface area contributed by atoms with Gasteiger partial charge in [-0.25, -0.2) is 0 Å². The van der Waals surface area contributed by atoms with Crippen molar-refractivity contribution in [2.75, 3.05) is 0 Å². The van der Waals surface area contributed by atoms with Gasteiger partial charge in [0.15, 0.2) is 0 Å². The maximum atomic E-state index is 9.36. The molecule has 1 unspecified atom stereocenters. The van der Waals surface area contributed by atoms with Crippen LogP contribution in [0.3, 0.4) is 0 Å². The van der Waals surface area contributed by atoms with Gasteiger partial charge in [0.05, 0.1) is 11.1 Å². The number of hydrogen-bond acceptors (Lipinski definition) is 1. The smallest absolute Gasteiger partial charge is 0.123 e. The van der Waals surface area contributed by atoms with Crippen LogP contribution in [0.1, 0.15) is 32.6 Å². The second-order valence-corrected chi connectivity index (χ2v) is 3.98. The average molecular weight is 232 g/mol. The van der Waals surface area contributed by atoms with Crippen LogP contribution in [0.2, 0.25) is 0 Å². The lowest BCUT2D eigenvalue weighted by molar-refractivity contribution is 0.204. The molecular weight excluding hydrogens is 218 g/mol. The van der Waals surface area contributed by atoms with E-state index in [9.17, 15) is 5.11 Å². The molecule has 0 saturated heterocycles. The fraction of sp³-hybridized carbons (Fsp3) is 0.750. The quantitative estimate of drug-likeness (QED) is 0.714. The van der Waals surface area contributed by atoms with Crippen molar-refractivity contribution in [1.82, 2.24) is 0 Å². The Morgan fingerprint density at radius 1 is 1.25 bits per heavy atom. The van der Waals surface area contributed by atoms with E-state index in [2.05, 4.69) is 6.92 Å². The Morgan fingerprint density at radius 3 is 2.25 bits per heavy atom. The summed E-state index contributed by atoms with van der Waals surface area (Å²) in [6.07, 6.45) is 3.05. The number of aliphatic hydroxyl groups excluding tert-OH is 1. The molecule has 0 saturated carbocycles. The third kappa shape index (κ3) is 5.26. The van der Waals surface area contributed by atoms with E-state index in [1.54, 1.807) is 0 Å². The molecular formula is C8H13Cl3O. The number of halogens is 3. The maximum absolute atomic E-state index is 9.36. The summed E-state index contributed by atoms with van der Waals surface area (Å²) in [5.74, 6) is 0. The third-order valence-electron chi connectivity index (χ3n) is 1.55. The molecule has 0 rings (SSSR count). The van der Waals surface area contributed by atoms with E-state index in [0.29, 0.717) is 6.42 Å². The molecule has 0 aromatic heterocycles. The van der Waals surface area contributed by atoms with Crippen LogP contribution >= 0.6 is 34.8 Å². The lowest BCUT2D eigenvalue weighted by atomic mass is 10.1. The lowest BCUT2D eigenvalue weighted by Gasteiger charge is -2.08. The predicted molar refractivity (Wildman–Crippen MR) is 54.7 cm³/mol. The first-order valence-corrected chi connectivity index (χ1v) is 5.11. The summed E-state index contributed by atoms with van der Waals surface area (Å²) in [6.45, 7) is 2.10. The largest absolute Gasteiger partial charge is 0.387 e. The first-order chi connectivity index (χ1) is 5.59. The summed E-state index contributed by atoms with van der Waals surface area (Å²) in [5, 5.41) is 9.50. The van der Waals surface area contributed by atoms with E-state index < -0.39 is 6.10 Å². The summed E-state index contributed by atoms with van der Waals surface area (Å²) in [6, 6.07) is 0. The molecule has 72 valence electrons. The van der Waals surface area contributed by atoms with E-state index in [0.717, 1.165) is 19.3 Å². The molecule has 0 heterocycles. The van der Waals surface area contributed by atoms with Crippen LogP contribution in [0.5, 0.6) is 0 Å². The Kier molecular flexibility index (Phi) is 7.35. The standard InChI is InChI=1S/C8H13Cl3O/c1-2-3-4-5-6(12)7(9)8(10)11/h6,12H,2-5H2,1H3. The fourth-order valence-electron chi connectivity index (χ4n) is 0.840. The van der Waals surface area contributed by atoms with Crippen LogP contribution in [0, 0.1) is 0 Å². The molecule has 1 nitrogen and oxygen atoms in total. The molecule has 4 heteroatoms. The zero-order chi connectivity index (χ0) is 9.56. The molecule has 0 aliphatic heterocycles. The van der Waals surface area contributed by atoms with Gasteiger partial charge in [0.1, 0.15) is 4.49 Å². The molecule has 0 aliphatic carbocycles. The van der Waals surface area contributed by atoms with Crippen LogP contribution in [0.15, 0.2) is 9.52 Å². The normalized spacial score (nSPS) is 12.8. The lowest BCUT2D eigenvalue weighted by Crippen LogP contribution is -2.06. The highest BCUT2D eigenvalue weighted by Gasteiger charge is 2.10. The predicted octanol–water partition coefficient (Wildman–Crippen LogP) is 3.81. The molecule has 0 spiro atoms. The molecule has 0 aromatic rings. The topological polar surface area (TPSA) is 20.2 Å². The van der Waals surface area contributed by atoms with Crippen molar-refractivity contribution < 1.29 is 5.11 Å². The Bertz CT molecular complexity index is 152. The Labute approximate surface area is 88.3 Å². The molecule has 0 fully saturated rings. The molecule has 0 aromatic carbocycles. The summed E-state index contributed by atoms with van der Waals surface area (Å²) in [4.78, 5) is 0. The Hall–Kier alpha value is 0.570. The Balaban J connectivity index is 3.72. The molecule has 0 aliphatic rings. The monoisotopic (exact) mass is 230 g/mol. The molecule has 0 bridgehead atoms. The van der Waals surface area contributed by atoms with Gasteiger partial charge in [-0.05, 0) is 6.42 Å². The molecule has 1 N–H and O–H groups in total. The Morgan fingerprint density at radius 2 is 1.83 bits per heavy atom. The van der Waals surface area contributed by atoms with Gasteiger partial charge in [-0.3, -0.25) is 0 Å². The van der Waals surface area contributed by atoms with Crippen molar-refractivity contribution in [1.29, 1.82) is 0 Å². The van der Waals surface area contributed by atoms with Crippen molar-refractivity contribution in [2.45, 2.75) is 38.7 Å². The zero-order valence-electron chi connectivity index (χ0n) is 6.99. The number of hydrogen-bond donors (Lipinski definition) is 1. The van der Waals surface area contributed by atoms with Gasteiger partial charge in [0.2, 0.25) is 0 Å². The van der Waals surface area contributed by atoms with Crippen molar-refractivity contribution >= 4 is 34.8 Å². The third-order valence-corrected chi connectivity index (χ3v) is 2.60. The number of rotatable bonds is 5. The minimum absolute atomic E-state index is 0.0411. The first kappa shape index (κ1) is 12.6. The van der Waals surface area contributed by atoms with Crippen LogP contribution < -0.4 is 0 Å². The second-order valence-electron chi connectivity index (χ2n) is 2.62. The minimum Gasteiger partial charge on any atom is -0.387 e. The SMILES string of the molecule is CCCCCC(O)C(Cl)=C(Cl)Cl. The molecule has 12 heavy (non-hydrogen) atoms. The summed E-state index contributed by atoms with van der Waals surface area (Å²) < 4.78 is -0.0411. The van der Waals surface area contributed by atoms with E-state index in [-0.39, 0.29) is 9.52 Å². The van der Waals surface area contributed by atoms with Gasteiger partial charge in [-0.15, -0.1) is 0 Å². The van der Waals surface area contributed by atoms with Crippen molar-refractivity contribution in [3.05, 3.63) is 9.52 Å². The highest BCUT2D eigenvalue weighted by molar-refractivity contribution is 6.59. The van der Waals surface area contributed by atoms with Crippen LogP contribution in [0.25, 0.3) is 0 Å². The number of aliphatic hydroxyl groups is 1. The van der Waals surface area contributed by atoms with Gasteiger partial charge in [-0.1, -0.05) is 61.0 Å². The van der Waals surface area contributed by atoms with Gasteiger partial charge < -0.3 is 5.11 Å². The van der Waals surface area contributed by atoms with Crippen LogP contribution in [0.4, 0.5) is 0 Å². The summed E-state index contributed by atoms with van der Waals surface area (Å²) >= 11 is 16.4. The highest BCUT2D eigenvalue weighted by Crippen LogP contribution is 2.23. The van der Waals surface area contributed by atoms with Gasteiger partial charge in [-0.2, -0.15) is 0 Å². The van der Waals surface area contributed by atoms with Crippen LogP contribution in [-0.4, -0.2) is 11.2 Å². The minimum atomic E-state index is -0.705. The first-order valence-electron chi connectivity index (χ1n) is 3.98. The van der Waals surface area contributed by atoms with Gasteiger partial charge in [0, 0.05) is 0 Å². The van der Waals surface area contributed by atoms with Gasteiger partial charge >= 0.3 is 0 Å². The molecule has 1 atom stereocenters. The molecule has 0 amide bonds. The van der Waals surface area contributed by atoms with E-state index in [1.165, 1.54) is 0 Å².